The molecule has 20 heavy (non-hydrogen) atoms. The van der Waals surface area contributed by atoms with Crippen LogP contribution in [0.15, 0.2) is 48.5 Å². The van der Waals surface area contributed by atoms with Crippen LogP contribution in [0.2, 0.25) is 0 Å². The molecule has 2 heteroatoms. The van der Waals surface area contributed by atoms with Crippen LogP contribution in [0.1, 0.15) is 29.0 Å². The summed E-state index contributed by atoms with van der Waals surface area (Å²) in [5, 5.41) is 3.25. The first-order chi connectivity index (χ1) is 9.74. The lowest BCUT2D eigenvalue weighted by molar-refractivity contribution is 0.414. The highest BCUT2D eigenvalue weighted by Crippen LogP contribution is 2.30. The Hall–Kier alpha value is -1.80. The van der Waals surface area contributed by atoms with Gasteiger partial charge < -0.3 is 10.1 Å². The molecule has 2 aromatic carbocycles. The molecule has 0 aliphatic rings. The van der Waals surface area contributed by atoms with Crippen molar-refractivity contribution in [2.24, 2.45) is 0 Å². The van der Waals surface area contributed by atoms with Crippen LogP contribution in [-0.4, -0.2) is 20.7 Å². The van der Waals surface area contributed by atoms with Gasteiger partial charge >= 0.3 is 0 Å². The number of rotatable bonds is 6. The van der Waals surface area contributed by atoms with Gasteiger partial charge in [0.25, 0.3) is 0 Å². The second kappa shape index (κ2) is 7.11. The van der Waals surface area contributed by atoms with Crippen molar-refractivity contribution in [1.82, 2.24) is 5.32 Å². The van der Waals surface area contributed by atoms with Gasteiger partial charge in [0.1, 0.15) is 5.75 Å². The topological polar surface area (TPSA) is 21.3 Å². The third-order valence-corrected chi connectivity index (χ3v) is 3.66. The van der Waals surface area contributed by atoms with E-state index in [-0.39, 0.29) is 0 Å². The number of methoxy groups -OCH3 is 1. The van der Waals surface area contributed by atoms with E-state index in [0.29, 0.717) is 5.92 Å². The van der Waals surface area contributed by atoms with Gasteiger partial charge in [-0.05, 0) is 50.2 Å². The number of nitrogens with one attached hydrogen (secondary N) is 1. The van der Waals surface area contributed by atoms with Gasteiger partial charge in [-0.25, -0.2) is 0 Å². The van der Waals surface area contributed by atoms with Crippen LogP contribution in [0.25, 0.3) is 0 Å². The average Bonchev–Trinajstić information content (AvgIpc) is 2.49. The molecule has 1 atom stereocenters. The molecular formula is C18H23NO. The molecule has 0 saturated carbocycles. The highest BCUT2D eigenvalue weighted by Gasteiger charge is 2.14. The molecule has 0 radical (unpaired) electrons. The second-order valence-electron chi connectivity index (χ2n) is 5.13. The molecule has 0 aliphatic heterocycles. The maximum absolute atomic E-state index is 5.35. The van der Waals surface area contributed by atoms with E-state index in [1.165, 1.54) is 16.7 Å². The quantitative estimate of drug-likeness (QED) is 0.862. The fourth-order valence-electron chi connectivity index (χ4n) is 2.47. The maximum Gasteiger partial charge on any atom is 0.119 e. The predicted molar refractivity (Wildman–Crippen MR) is 84.6 cm³/mol. The Morgan fingerprint density at radius 1 is 1.05 bits per heavy atom. The van der Waals surface area contributed by atoms with Gasteiger partial charge in [0.05, 0.1) is 7.11 Å². The Bertz CT molecular complexity index is 533. The summed E-state index contributed by atoms with van der Waals surface area (Å²) in [5.74, 6) is 1.32. The van der Waals surface area contributed by atoms with Gasteiger partial charge in [-0.3, -0.25) is 0 Å². The van der Waals surface area contributed by atoms with Gasteiger partial charge in [0.15, 0.2) is 0 Å². The van der Waals surface area contributed by atoms with Crippen molar-refractivity contribution in [1.29, 1.82) is 0 Å². The Kier molecular flexibility index (Phi) is 5.19. The van der Waals surface area contributed by atoms with E-state index in [1.807, 2.05) is 13.1 Å². The third-order valence-electron chi connectivity index (χ3n) is 3.66. The van der Waals surface area contributed by atoms with E-state index in [0.717, 1.165) is 18.7 Å². The molecule has 2 rings (SSSR count). The lowest BCUT2D eigenvalue weighted by atomic mass is 9.88. The Labute approximate surface area is 121 Å². The van der Waals surface area contributed by atoms with Gasteiger partial charge in [0, 0.05) is 5.92 Å². The van der Waals surface area contributed by atoms with Crippen LogP contribution in [0, 0.1) is 6.92 Å². The van der Waals surface area contributed by atoms with E-state index >= 15 is 0 Å². The summed E-state index contributed by atoms with van der Waals surface area (Å²) in [7, 11) is 3.71. The van der Waals surface area contributed by atoms with Gasteiger partial charge in [-0.15, -0.1) is 0 Å². The summed E-state index contributed by atoms with van der Waals surface area (Å²) in [6.07, 6.45) is 1.08. The lowest BCUT2D eigenvalue weighted by Gasteiger charge is -2.19. The zero-order chi connectivity index (χ0) is 14.4. The zero-order valence-corrected chi connectivity index (χ0v) is 12.5. The number of hydrogen-bond acceptors (Lipinski definition) is 2. The van der Waals surface area contributed by atoms with Gasteiger partial charge in [-0.2, -0.15) is 0 Å². The molecule has 106 valence electrons. The molecule has 0 heterocycles. The van der Waals surface area contributed by atoms with Gasteiger partial charge in [0.2, 0.25) is 0 Å². The first-order valence-corrected chi connectivity index (χ1v) is 7.09. The van der Waals surface area contributed by atoms with Crippen molar-refractivity contribution >= 4 is 0 Å². The second-order valence-corrected chi connectivity index (χ2v) is 5.13. The normalized spacial score (nSPS) is 12.2. The van der Waals surface area contributed by atoms with E-state index in [9.17, 15) is 0 Å². The maximum atomic E-state index is 5.35. The minimum absolute atomic E-state index is 0.401. The largest absolute Gasteiger partial charge is 0.497 e. The van der Waals surface area contributed by atoms with Crippen LogP contribution in [0.4, 0.5) is 0 Å². The predicted octanol–water partition coefficient (Wildman–Crippen LogP) is 3.75. The molecule has 0 aliphatic carbocycles. The summed E-state index contributed by atoms with van der Waals surface area (Å²) in [5.41, 5.74) is 3.97. The Balaban J connectivity index is 2.32. The van der Waals surface area contributed by atoms with Crippen LogP contribution in [0.5, 0.6) is 5.75 Å². The minimum Gasteiger partial charge on any atom is -0.497 e. The van der Waals surface area contributed by atoms with E-state index in [1.54, 1.807) is 7.11 Å². The average molecular weight is 269 g/mol. The molecule has 0 fully saturated rings. The molecule has 0 spiro atoms. The van der Waals surface area contributed by atoms with Crippen LogP contribution >= 0.6 is 0 Å². The zero-order valence-electron chi connectivity index (χ0n) is 12.5. The van der Waals surface area contributed by atoms with Crippen LogP contribution < -0.4 is 10.1 Å². The molecule has 0 aromatic heterocycles. The molecule has 1 unspecified atom stereocenters. The lowest BCUT2D eigenvalue weighted by Crippen LogP contribution is -2.13. The fraction of sp³-hybridized carbons (Fsp3) is 0.333. The molecule has 1 N–H and O–H groups in total. The van der Waals surface area contributed by atoms with Crippen molar-refractivity contribution in [3.05, 3.63) is 65.2 Å². The smallest absolute Gasteiger partial charge is 0.119 e. The third kappa shape index (κ3) is 3.61. The molecule has 2 nitrogen and oxygen atoms in total. The molecule has 2 aromatic rings. The first-order valence-electron chi connectivity index (χ1n) is 7.09. The number of ether oxygens (including phenoxy) is 1. The Morgan fingerprint density at radius 3 is 2.45 bits per heavy atom. The number of hydrogen-bond donors (Lipinski definition) is 1. The van der Waals surface area contributed by atoms with Crippen LogP contribution in [-0.2, 0) is 0 Å². The minimum atomic E-state index is 0.401. The van der Waals surface area contributed by atoms with E-state index < -0.39 is 0 Å². The van der Waals surface area contributed by atoms with Crippen molar-refractivity contribution < 1.29 is 4.74 Å². The van der Waals surface area contributed by atoms with E-state index in [4.69, 9.17) is 4.74 Å². The summed E-state index contributed by atoms with van der Waals surface area (Å²) in [6, 6.07) is 17.2. The summed E-state index contributed by atoms with van der Waals surface area (Å²) >= 11 is 0. The highest BCUT2D eigenvalue weighted by molar-refractivity contribution is 5.38. The SMILES string of the molecule is CNCCC(c1ccc(C)cc1)c1cccc(OC)c1. The molecule has 0 bridgehead atoms. The molecular weight excluding hydrogens is 246 g/mol. The van der Waals surface area contributed by atoms with Crippen molar-refractivity contribution in [2.75, 3.05) is 20.7 Å². The number of benzene rings is 2. The summed E-state index contributed by atoms with van der Waals surface area (Å²) in [6.45, 7) is 3.12. The highest BCUT2D eigenvalue weighted by atomic mass is 16.5. The number of aryl methyl sites for hydroxylation is 1. The first kappa shape index (κ1) is 14.6. The molecule has 0 saturated heterocycles. The van der Waals surface area contributed by atoms with Crippen LogP contribution in [0.3, 0.4) is 0 Å². The Morgan fingerprint density at radius 2 is 1.80 bits per heavy atom. The van der Waals surface area contributed by atoms with Crippen molar-refractivity contribution in [2.45, 2.75) is 19.3 Å². The molecule has 0 amide bonds. The summed E-state index contributed by atoms with van der Waals surface area (Å²) in [4.78, 5) is 0. The van der Waals surface area contributed by atoms with Crippen molar-refractivity contribution in [3.8, 4) is 5.75 Å². The monoisotopic (exact) mass is 269 g/mol. The summed E-state index contributed by atoms with van der Waals surface area (Å²) < 4.78 is 5.35. The van der Waals surface area contributed by atoms with Gasteiger partial charge in [-0.1, -0.05) is 42.0 Å². The van der Waals surface area contributed by atoms with Crippen molar-refractivity contribution in [3.63, 3.8) is 0 Å². The standard InChI is InChI=1S/C18H23NO/c1-14-7-9-15(10-8-14)18(11-12-19-2)16-5-4-6-17(13-16)20-3/h4-10,13,18-19H,11-12H2,1-3H3. The van der Waals surface area contributed by atoms with E-state index in [2.05, 4.69) is 54.7 Å². The fourth-order valence-corrected chi connectivity index (χ4v) is 2.47.